The second-order valence-electron chi connectivity index (χ2n) is 5.18. The minimum absolute atomic E-state index is 0.0715. The summed E-state index contributed by atoms with van der Waals surface area (Å²) in [5, 5.41) is 9.90. The number of thioether (sulfide) groups is 1. The number of nitro benzene ring substituents is 1. The van der Waals surface area contributed by atoms with Gasteiger partial charge in [0, 0.05) is 12.1 Å². The number of benzene rings is 1. The smallest absolute Gasteiger partial charge is 0.359 e. The number of nitrogens with zero attached hydrogens (tertiary/aromatic N) is 2. The average Bonchev–Trinajstić information content (AvgIpc) is 2.64. The number of rotatable bonds is 5. The van der Waals surface area contributed by atoms with Crippen molar-refractivity contribution in [1.29, 1.82) is 0 Å². The van der Waals surface area contributed by atoms with E-state index in [2.05, 4.69) is 0 Å². The first kappa shape index (κ1) is 17.0. The number of amides is 1. The van der Waals surface area contributed by atoms with Crippen molar-refractivity contribution in [3.05, 3.63) is 51.4 Å². The summed E-state index contributed by atoms with van der Waals surface area (Å²) in [4.78, 5) is 46.8. The van der Waals surface area contributed by atoms with Gasteiger partial charge in [-0.25, -0.2) is 4.79 Å². The molecule has 1 atom stereocenters. The zero-order valence-electron chi connectivity index (χ0n) is 13.0. The third-order valence-corrected chi connectivity index (χ3v) is 4.89. The molecule has 1 fully saturated rings. The molecule has 0 spiro atoms. The Hall–Kier alpha value is -2.88. The van der Waals surface area contributed by atoms with Crippen LogP contribution in [0.25, 0.3) is 0 Å². The van der Waals surface area contributed by atoms with Crippen LogP contribution in [0.15, 0.2) is 35.7 Å². The molecule has 2 aliphatic rings. The van der Waals surface area contributed by atoms with E-state index >= 15 is 0 Å². The van der Waals surface area contributed by atoms with Gasteiger partial charge in [-0.05, 0) is 17.7 Å². The quantitative estimate of drug-likeness (QED) is 0.250. The summed E-state index contributed by atoms with van der Waals surface area (Å²) in [7, 11) is 1.37. The van der Waals surface area contributed by atoms with Crippen LogP contribution in [0.5, 0.6) is 0 Å². The van der Waals surface area contributed by atoms with Gasteiger partial charge in [-0.1, -0.05) is 0 Å². The number of methoxy groups -OCH3 is 1. The Balaban J connectivity index is 1.73. The number of nitro groups is 1. The van der Waals surface area contributed by atoms with Crippen LogP contribution in [-0.2, 0) is 30.5 Å². The summed E-state index contributed by atoms with van der Waals surface area (Å²) in [6.45, 7) is -0.134. The number of hydrogen-bond acceptors (Lipinski definition) is 8. The van der Waals surface area contributed by atoms with E-state index in [0.717, 1.165) is 4.90 Å². The highest BCUT2D eigenvalue weighted by Crippen LogP contribution is 2.38. The van der Waals surface area contributed by atoms with Gasteiger partial charge < -0.3 is 9.47 Å². The highest BCUT2D eigenvalue weighted by molar-refractivity contribution is 8.01. The van der Waals surface area contributed by atoms with Gasteiger partial charge in [-0.2, -0.15) is 0 Å². The minimum Gasteiger partial charge on any atom is -0.498 e. The van der Waals surface area contributed by atoms with E-state index in [-0.39, 0.29) is 29.5 Å². The summed E-state index contributed by atoms with van der Waals surface area (Å²) >= 11 is 1.20. The first-order valence-corrected chi connectivity index (χ1v) is 8.15. The van der Waals surface area contributed by atoms with E-state index in [1.165, 1.54) is 43.1 Å². The molecule has 1 amide bonds. The predicted molar refractivity (Wildman–Crippen MR) is 85.0 cm³/mol. The van der Waals surface area contributed by atoms with Gasteiger partial charge in [0.1, 0.15) is 12.4 Å². The highest BCUT2D eigenvalue weighted by atomic mass is 32.2. The molecule has 2 aliphatic heterocycles. The lowest BCUT2D eigenvalue weighted by Crippen LogP contribution is -2.62. The largest absolute Gasteiger partial charge is 0.498 e. The first-order valence-electron chi connectivity index (χ1n) is 7.10. The molecule has 1 saturated heterocycles. The number of hydrogen-bond donors (Lipinski definition) is 0. The third kappa shape index (κ3) is 2.95. The molecule has 9 nitrogen and oxygen atoms in total. The molecular formula is C15H12N2O7S. The van der Waals surface area contributed by atoms with Crippen LogP contribution in [0.1, 0.15) is 5.56 Å². The molecular weight excluding hydrogens is 352 g/mol. The van der Waals surface area contributed by atoms with E-state index in [0.29, 0.717) is 5.56 Å². The Morgan fingerprint density at radius 3 is 2.64 bits per heavy atom. The number of carbonyl (C=O) groups is 3. The fourth-order valence-corrected chi connectivity index (χ4v) is 3.57. The average molecular weight is 364 g/mol. The molecule has 130 valence electrons. The number of β-lactam (4-membered cyclic amide) rings is 1. The minimum atomic E-state index is -0.790. The second-order valence-corrected chi connectivity index (χ2v) is 6.25. The van der Waals surface area contributed by atoms with Crippen LogP contribution in [-0.4, -0.2) is 45.7 Å². The van der Waals surface area contributed by atoms with E-state index in [4.69, 9.17) is 9.47 Å². The maximum Gasteiger partial charge on any atom is 0.359 e. The van der Waals surface area contributed by atoms with Crippen LogP contribution < -0.4 is 0 Å². The zero-order chi connectivity index (χ0) is 18.1. The number of non-ortho nitro benzene ring substituents is 1. The number of ether oxygens (including phenoxy) is 2. The standard InChI is InChI=1S/C15H12N2O7S/c1-23-10-7-25-14-12(18)13(19)16(14)11(10)15(20)24-6-8-2-4-9(5-3-8)17(21)22/h2-5,14H,6-7H2,1H3/t14-/m1/s1. The molecule has 0 N–H and O–H groups in total. The molecule has 1 aromatic rings. The Kier molecular flexibility index (Phi) is 4.45. The van der Waals surface area contributed by atoms with Crippen molar-refractivity contribution in [1.82, 2.24) is 4.90 Å². The monoisotopic (exact) mass is 364 g/mol. The number of esters is 1. The molecule has 10 heteroatoms. The van der Waals surface area contributed by atoms with Crippen molar-refractivity contribution in [3.63, 3.8) is 0 Å². The number of ketones is 1. The third-order valence-electron chi connectivity index (χ3n) is 3.72. The molecule has 0 aromatic heterocycles. The van der Waals surface area contributed by atoms with E-state index in [1.807, 2.05) is 0 Å². The van der Waals surface area contributed by atoms with Crippen LogP contribution in [0.3, 0.4) is 0 Å². The van der Waals surface area contributed by atoms with Gasteiger partial charge in [-0.15, -0.1) is 11.8 Å². The molecule has 0 unspecified atom stereocenters. The van der Waals surface area contributed by atoms with Crippen LogP contribution in [0.4, 0.5) is 5.69 Å². The number of Topliss-reactive ketones (excluding diaryl/α,β-unsaturated/α-hetero) is 1. The lowest BCUT2D eigenvalue weighted by atomic mass is 10.1. The summed E-state index contributed by atoms with van der Waals surface area (Å²) < 4.78 is 10.3. The fourth-order valence-electron chi connectivity index (χ4n) is 2.41. The normalized spacial score (nSPS) is 19.2. The predicted octanol–water partition coefficient (Wildman–Crippen LogP) is 0.980. The van der Waals surface area contributed by atoms with Crippen molar-refractivity contribution in [2.75, 3.05) is 12.9 Å². The van der Waals surface area contributed by atoms with E-state index in [1.54, 1.807) is 0 Å². The molecule has 0 bridgehead atoms. The maximum absolute atomic E-state index is 12.4. The molecule has 2 heterocycles. The van der Waals surface area contributed by atoms with Gasteiger partial charge >= 0.3 is 5.97 Å². The Labute approximate surface area is 145 Å². The number of fused-ring (bicyclic) bond motifs is 1. The zero-order valence-corrected chi connectivity index (χ0v) is 13.8. The molecule has 0 saturated carbocycles. The summed E-state index contributed by atoms with van der Waals surface area (Å²) in [5.74, 6) is -1.58. The van der Waals surface area contributed by atoms with E-state index < -0.39 is 28.0 Å². The molecule has 0 radical (unpaired) electrons. The number of carbonyl (C=O) groups excluding carboxylic acids is 3. The summed E-state index contributed by atoms with van der Waals surface area (Å²) in [6, 6.07) is 5.53. The van der Waals surface area contributed by atoms with Crippen molar-refractivity contribution in [3.8, 4) is 0 Å². The van der Waals surface area contributed by atoms with Gasteiger partial charge in [0.25, 0.3) is 17.4 Å². The van der Waals surface area contributed by atoms with Crippen LogP contribution >= 0.6 is 11.8 Å². The summed E-state index contributed by atoms with van der Waals surface area (Å²) in [5.41, 5.74) is 0.403. The SMILES string of the molecule is COC1=C(C(=O)OCc2ccc([N+](=O)[O-])cc2)N2C(=O)C(=O)[C@H]2SC1. The van der Waals surface area contributed by atoms with Gasteiger partial charge in [0.2, 0.25) is 0 Å². The molecule has 0 aliphatic carbocycles. The molecule has 25 heavy (non-hydrogen) atoms. The van der Waals surface area contributed by atoms with Crippen molar-refractivity contribution in [2.24, 2.45) is 0 Å². The Morgan fingerprint density at radius 1 is 1.36 bits per heavy atom. The Morgan fingerprint density at radius 2 is 2.04 bits per heavy atom. The second kappa shape index (κ2) is 6.55. The lowest BCUT2D eigenvalue weighted by Gasteiger charge is -2.41. The van der Waals surface area contributed by atoms with Gasteiger partial charge in [0.05, 0.1) is 17.8 Å². The summed E-state index contributed by atoms with van der Waals surface area (Å²) in [6.07, 6.45) is 0. The lowest BCUT2D eigenvalue weighted by molar-refractivity contribution is -0.384. The highest BCUT2D eigenvalue weighted by Gasteiger charge is 2.53. The van der Waals surface area contributed by atoms with Gasteiger partial charge in [0.15, 0.2) is 11.1 Å². The maximum atomic E-state index is 12.4. The topological polar surface area (TPSA) is 116 Å². The molecule has 1 aromatic carbocycles. The van der Waals surface area contributed by atoms with Crippen molar-refractivity contribution in [2.45, 2.75) is 12.0 Å². The Bertz CT molecular complexity index is 803. The first-order chi connectivity index (χ1) is 11.9. The van der Waals surface area contributed by atoms with Gasteiger partial charge in [-0.3, -0.25) is 24.6 Å². The van der Waals surface area contributed by atoms with Crippen molar-refractivity contribution >= 4 is 35.1 Å². The van der Waals surface area contributed by atoms with Crippen LogP contribution in [0.2, 0.25) is 0 Å². The molecule has 3 rings (SSSR count). The van der Waals surface area contributed by atoms with Crippen LogP contribution in [0, 0.1) is 10.1 Å². The fraction of sp³-hybridized carbons (Fsp3) is 0.267. The van der Waals surface area contributed by atoms with Crippen molar-refractivity contribution < 1.29 is 28.8 Å². The van der Waals surface area contributed by atoms with E-state index in [9.17, 15) is 24.5 Å².